The second kappa shape index (κ2) is 3.18. The average Bonchev–Trinajstić information content (AvgIpc) is 2.53. The van der Waals surface area contributed by atoms with Gasteiger partial charge in [-0.2, -0.15) is 0 Å². The van der Waals surface area contributed by atoms with E-state index in [2.05, 4.69) is 15.5 Å². The van der Waals surface area contributed by atoms with Crippen LogP contribution in [0.15, 0.2) is 0 Å². The Bertz CT molecular complexity index is 256. The summed E-state index contributed by atoms with van der Waals surface area (Å²) in [5.41, 5.74) is 5.51. The summed E-state index contributed by atoms with van der Waals surface area (Å²) in [5.74, 6) is 1.51. The second-order valence-corrected chi connectivity index (χ2v) is 3.18. The highest BCUT2D eigenvalue weighted by atomic mass is 15.5. The molecule has 1 atom stereocenters. The van der Waals surface area contributed by atoms with Crippen molar-refractivity contribution in [3.63, 3.8) is 0 Å². The number of aromatic nitrogens is 4. The van der Waals surface area contributed by atoms with E-state index in [1.807, 2.05) is 4.68 Å². The maximum Gasteiger partial charge on any atom is 0.154 e. The number of nitrogens with zero attached hydrogens (tertiary/aromatic N) is 4. The Hall–Kier alpha value is -0.970. The Kier molecular flexibility index (Phi) is 2.03. The van der Waals surface area contributed by atoms with E-state index in [0.29, 0.717) is 5.92 Å². The summed E-state index contributed by atoms with van der Waals surface area (Å²) in [6.07, 6.45) is 3.35. The lowest BCUT2D eigenvalue weighted by Gasteiger charge is -2.19. The minimum atomic E-state index is 0.485. The SMILES string of the molecule is NCCC1CCCn2nnnc21. The third-order valence-electron chi connectivity index (χ3n) is 2.36. The third kappa shape index (κ3) is 1.20. The molecule has 1 aliphatic heterocycles. The Labute approximate surface area is 70.9 Å². The van der Waals surface area contributed by atoms with E-state index in [1.165, 1.54) is 12.8 Å². The predicted octanol–water partition coefficient (Wildman–Crippen LogP) is -0.101. The fourth-order valence-corrected chi connectivity index (χ4v) is 1.75. The molecule has 0 aliphatic carbocycles. The van der Waals surface area contributed by atoms with E-state index in [4.69, 9.17) is 5.73 Å². The molecule has 1 aromatic heterocycles. The van der Waals surface area contributed by atoms with Crippen LogP contribution < -0.4 is 5.73 Å². The number of hydrogen-bond donors (Lipinski definition) is 1. The molecule has 1 unspecified atom stereocenters. The van der Waals surface area contributed by atoms with Gasteiger partial charge < -0.3 is 5.73 Å². The zero-order chi connectivity index (χ0) is 8.39. The molecule has 5 heteroatoms. The van der Waals surface area contributed by atoms with Crippen LogP contribution in [0.25, 0.3) is 0 Å². The van der Waals surface area contributed by atoms with Crippen molar-refractivity contribution in [2.75, 3.05) is 6.54 Å². The monoisotopic (exact) mass is 167 g/mol. The van der Waals surface area contributed by atoms with Crippen molar-refractivity contribution in [1.29, 1.82) is 0 Å². The minimum Gasteiger partial charge on any atom is -0.330 e. The first-order valence-corrected chi connectivity index (χ1v) is 4.38. The Morgan fingerprint density at radius 3 is 3.33 bits per heavy atom. The maximum absolute atomic E-state index is 5.51. The van der Waals surface area contributed by atoms with E-state index < -0.39 is 0 Å². The maximum atomic E-state index is 5.51. The average molecular weight is 167 g/mol. The molecule has 2 N–H and O–H groups in total. The molecule has 0 saturated heterocycles. The Morgan fingerprint density at radius 2 is 2.50 bits per heavy atom. The summed E-state index contributed by atoms with van der Waals surface area (Å²) in [6, 6.07) is 0. The van der Waals surface area contributed by atoms with Crippen LogP contribution in [0.4, 0.5) is 0 Å². The smallest absolute Gasteiger partial charge is 0.154 e. The first-order valence-electron chi connectivity index (χ1n) is 4.38. The Balaban J connectivity index is 2.19. The molecule has 66 valence electrons. The van der Waals surface area contributed by atoms with Gasteiger partial charge in [0.25, 0.3) is 0 Å². The molecular formula is C7H13N5. The lowest BCUT2D eigenvalue weighted by atomic mass is 9.96. The highest BCUT2D eigenvalue weighted by Gasteiger charge is 2.22. The molecule has 1 aliphatic rings. The van der Waals surface area contributed by atoms with Gasteiger partial charge in [0.15, 0.2) is 5.82 Å². The Morgan fingerprint density at radius 1 is 1.58 bits per heavy atom. The van der Waals surface area contributed by atoms with E-state index >= 15 is 0 Å². The normalized spacial score (nSPS) is 22.2. The van der Waals surface area contributed by atoms with Crippen molar-refractivity contribution < 1.29 is 0 Å². The van der Waals surface area contributed by atoms with Crippen LogP contribution in [0.5, 0.6) is 0 Å². The number of rotatable bonds is 2. The summed E-state index contributed by atoms with van der Waals surface area (Å²) in [4.78, 5) is 0. The van der Waals surface area contributed by atoms with Crippen LogP contribution in [0.1, 0.15) is 31.0 Å². The van der Waals surface area contributed by atoms with Gasteiger partial charge in [-0.1, -0.05) is 0 Å². The van der Waals surface area contributed by atoms with Crippen molar-refractivity contribution in [3.8, 4) is 0 Å². The molecule has 2 heterocycles. The van der Waals surface area contributed by atoms with E-state index in [9.17, 15) is 0 Å². The van der Waals surface area contributed by atoms with Crippen molar-refractivity contribution in [2.24, 2.45) is 5.73 Å². The number of tetrazole rings is 1. The largest absolute Gasteiger partial charge is 0.330 e. The lowest BCUT2D eigenvalue weighted by Crippen LogP contribution is -2.19. The van der Waals surface area contributed by atoms with Crippen molar-refractivity contribution in [2.45, 2.75) is 31.7 Å². The van der Waals surface area contributed by atoms with E-state index in [-0.39, 0.29) is 0 Å². The molecule has 0 spiro atoms. The number of fused-ring (bicyclic) bond motifs is 1. The first-order chi connectivity index (χ1) is 5.92. The number of nitrogens with two attached hydrogens (primary N) is 1. The lowest BCUT2D eigenvalue weighted by molar-refractivity contribution is 0.401. The molecule has 0 fully saturated rings. The third-order valence-corrected chi connectivity index (χ3v) is 2.36. The van der Waals surface area contributed by atoms with Crippen molar-refractivity contribution in [3.05, 3.63) is 5.82 Å². The van der Waals surface area contributed by atoms with Crippen LogP contribution in [0.2, 0.25) is 0 Å². The van der Waals surface area contributed by atoms with Gasteiger partial charge >= 0.3 is 0 Å². The highest BCUT2D eigenvalue weighted by molar-refractivity contribution is 4.96. The summed E-state index contributed by atoms with van der Waals surface area (Å²) in [5, 5.41) is 11.6. The van der Waals surface area contributed by atoms with Gasteiger partial charge in [-0.05, 0) is 36.2 Å². The summed E-state index contributed by atoms with van der Waals surface area (Å²) >= 11 is 0. The van der Waals surface area contributed by atoms with Crippen LogP contribution in [0.3, 0.4) is 0 Å². The topological polar surface area (TPSA) is 69.6 Å². The van der Waals surface area contributed by atoms with Crippen LogP contribution >= 0.6 is 0 Å². The van der Waals surface area contributed by atoms with E-state index in [1.54, 1.807) is 0 Å². The fraction of sp³-hybridized carbons (Fsp3) is 0.857. The zero-order valence-electron chi connectivity index (χ0n) is 6.98. The zero-order valence-corrected chi connectivity index (χ0v) is 6.98. The molecule has 1 aromatic rings. The van der Waals surface area contributed by atoms with E-state index in [0.717, 1.165) is 25.3 Å². The molecular weight excluding hydrogens is 154 g/mol. The van der Waals surface area contributed by atoms with Gasteiger partial charge in [-0.3, -0.25) is 0 Å². The van der Waals surface area contributed by atoms with Gasteiger partial charge in [0, 0.05) is 12.5 Å². The van der Waals surface area contributed by atoms with Crippen LogP contribution in [-0.4, -0.2) is 26.8 Å². The molecule has 0 amide bonds. The van der Waals surface area contributed by atoms with Crippen molar-refractivity contribution in [1.82, 2.24) is 20.2 Å². The quantitative estimate of drug-likeness (QED) is 0.667. The molecule has 5 nitrogen and oxygen atoms in total. The van der Waals surface area contributed by atoms with Crippen LogP contribution in [0, 0.1) is 0 Å². The molecule has 2 rings (SSSR count). The fourth-order valence-electron chi connectivity index (χ4n) is 1.75. The molecule has 0 radical (unpaired) electrons. The van der Waals surface area contributed by atoms with Gasteiger partial charge in [-0.15, -0.1) is 5.10 Å². The standard InChI is InChI=1S/C7H13N5/c8-4-3-6-2-1-5-12-7(6)9-10-11-12/h6H,1-5,8H2. The van der Waals surface area contributed by atoms with Gasteiger partial charge in [0.05, 0.1) is 0 Å². The molecule has 0 bridgehead atoms. The molecule has 12 heavy (non-hydrogen) atoms. The van der Waals surface area contributed by atoms with Crippen LogP contribution in [-0.2, 0) is 6.54 Å². The summed E-state index contributed by atoms with van der Waals surface area (Å²) in [6.45, 7) is 1.68. The summed E-state index contributed by atoms with van der Waals surface area (Å²) in [7, 11) is 0. The highest BCUT2D eigenvalue weighted by Crippen LogP contribution is 2.26. The van der Waals surface area contributed by atoms with Crippen molar-refractivity contribution >= 4 is 0 Å². The number of aryl methyl sites for hydroxylation is 1. The second-order valence-electron chi connectivity index (χ2n) is 3.18. The van der Waals surface area contributed by atoms with Gasteiger partial charge in [0.2, 0.25) is 0 Å². The number of hydrogen-bond acceptors (Lipinski definition) is 4. The predicted molar refractivity (Wildman–Crippen MR) is 43.5 cm³/mol. The van der Waals surface area contributed by atoms with Gasteiger partial charge in [-0.25, -0.2) is 4.68 Å². The van der Waals surface area contributed by atoms with Gasteiger partial charge in [0.1, 0.15) is 0 Å². The summed E-state index contributed by atoms with van der Waals surface area (Å²) < 4.78 is 1.89. The first kappa shape index (κ1) is 7.67. The molecule has 0 saturated carbocycles. The molecule has 0 aromatic carbocycles. The minimum absolute atomic E-state index is 0.485.